The number of carbonyl (C=O) groups is 2. The molecule has 1 heterocycles. The number of rotatable bonds is 5. The molecule has 3 aromatic rings. The van der Waals surface area contributed by atoms with Crippen LogP contribution in [0.2, 0.25) is 0 Å². The van der Waals surface area contributed by atoms with E-state index in [1.54, 1.807) is 13.0 Å². The number of nitro groups is 1. The Kier molecular flexibility index (Phi) is 5.67. The Hall–Kier alpha value is -3.95. The van der Waals surface area contributed by atoms with E-state index in [-0.39, 0.29) is 11.3 Å². The van der Waals surface area contributed by atoms with Crippen molar-refractivity contribution < 1.29 is 23.6 Å². The highest BCUT2D eigenvalue weighted by atomic mass is 19.1. The van der Waals surface area contributed by atoms with Crippen LogP contribution in [0.1, 0.15) is 28.7 Å². The number of aryl methyl sites for hydroxylation is 2. The SMILES string of the molecule is Cc1nc2ccc(C(=O)O[C@@H](C)C(=O)Nc3ccc(F)c([N+](=O)[O-])c3)cc2nc1C. The zero-order valence-corrected chi connectivity index (χ0v) is 16.3. The molecule has 30 heavy (non-hydrogen) atoms. The highest BCUT2D eigenvalue weighted by Gasteiger charge is 2.21. The van der Waals surface area contributed by atoms with Gasteiger partial charge in [-0.25, -0.2) is 14.8 Å². The summed E-state index contributed by atoms with van der Waals surface area (Å²) in [4.78, 5) is 43.3. The van der Waals surface area contributed by atoms with Gasteiger partial charge in [0.25, 0.3) is 5.91 Å². The van der Waals surface area contributed by atoms with Gasteiger partial charge in [-0.15, -0.1) is 0 Å². The highest BCUT2D eigenvalue weighted by molar-refractivity contribution is 5.98. The van der Waals surface area contributed by atoms with Crippen molar-refractivity contribution >= 4 is 34.3 Å². The van der Waals surface area contributed by atoms with E-state index < -0.39 is 34.4 Å². The Morgan fingerprint density at radius 2 is 1.77 bits per heavy atom. The first-order valence-electron chi connectivity index (χ1n) is 8.86. The van der Waals surface area contributed by atoms with Crippen molar-refractivity contribution in [2.45, 2.75) is 26.9 Å². The van der Waals surface area contributed by atoms with Crippen molar-refractivity contribution in [3.05, 3.63) is 69.3 Å². The van der Waals surface area contributed by atoms with Gasteiger partial charge in [0.1, 0.15) is 0 Å². The van der Waals surface area contributed by atoms with Crippen LogP contribution in [0, 0.1) is 29.8 Å². The molecule has 0 aliphatic carbocycles. The van der Waals surface area contributed by atoms with Crippen LogP contribution in [0.15, 0.2) is 36.4 Å². The monoisotopic (exact) mass is 412 g/mol. The van der Waals surface area contributed by atoms with Crippen LogP contribution in [0.4, 0.5) is 15.8 Å². The van der Waals surface area contributed by atoms with Gasteiger partial charge in [0, 0.05) is 11.8 Å². The zero-order chi connectivity index (χ0) is 22.0. The molecule has 2 aromatic carbocycles. The van der Waals surface area contributed by atoms with Crippen LogP contribution in [-0.2, 0) is 9.53 Å². The fourth-order valence-corrected chi connectivity index (χ4v) is 2.61. The van der Waals surface area contributed by atoms with Crippen LogP contribution >= 0.6 is 0 Å². The molecule has 154 valence electrons. The van der Waals surface area contributed by atoms with Crippen molar-refractivity contribution in [3.63, 3.8) is 0 Å². The summed E-state index contributed by atoms with van der Waals surface area (Å²) in [6.45, 7) is 4.98. The molecule has 3 rings (SSSR count). The van der Waals surface area contributed by atoms with E-state index in [1.807, 2.05) is 6.92 Å². The minimum absolute atomic E-state index is 0.00261. The zero-order valence-electron chi connectivity index (χ0n) is 16.3. The summed E-state index contributed by atoms with van der Waals surface area (Å²) < 4.78 is 18.6. The second-order valence-electron chi connectivity index (χ2n) is 6.56. The quantitative estimate of drug-likeness (QED) is 0.386. The first-order valence-corrected chi connectivity index (χ1v) is 8.86. The summed E-state index contributed by atoms with van der Waals surface area (Å²) in [5.74, 6) is -2.50. The molecule has 1 amide bonds. The lowest BCUT2D eigenvalue weighted by Crippen LogP contribution is -2.30. The number of hydrogen-bond acceptors (Lipinski definition) is 7. The minimum atomic E-state index is -1.21. The minimum Gasteiger partial charge on any atom is -0.449 e. The van der Waals surface area contributed by atoms with E-state index in [1.165, 1.54) is 25.1 Å². The lowest BCUT2D eigenvalue weighted by molar-refractivity contribution is -0.387. The van der Waals surface area contributed by atoms with E-state index in [0.29, 0.717) is 11.0 Å². The summed E-state index contributed by atoms with van der Waals surface area (Å²) in [5, 5.41) is 13.2. The second kappa shape index (κ2) is 8.19. The number of aromatic nitrogens is 2. The fourth-order valence-electron chi connectivity index (χ4n) is 2.61. The third-order valence-corrected chi connectivity index (χ3v) is 4.37. The lowest BCUT2D eigenvalue weighted by Gasteiger charge is -2.14. The van der Waals surface area contributed by atoms with Crippen LogP contribution in [0.25, 0.3) is 11.0 Å². The van der Waals surface area contributed by atoms with Gasteiger partial charge in [-0.1, -0.05) is 0 Å². The number of nitro benzene ring substituents is 1. The molecule has 0 bridgehead atoms. The molecule has 0 aliphatic heterocycles. The smallest absolute Gasteiger partial charge is 0.338 e. The van der Waals surface area contributed by atoms with Gasteiger partial charge in [0.15, 0.2) is 6.10 Å². The molecule has 0 radical (unpaired) electrons. The molecule has 0 fully saturated rings. The van der Waals surface area contributed by atoms with Crippen molar-refractivity contribution in [3.8, 4) is 0 Å². The molecule has 1 N–H and O–H groups in total. The molecule has 0 unspecified atom stereocenters. The van der Waals surface area contributed by atoms with E-state index >= 15 is 0 Å². The lowest BCUT2D eigenvalue weighted by atomic mass is 10.2. The van der Waals surface area contributed by atoms with Crippen molar-refractivity contribution in [1.82, 2.24) is 9.97 Å². The molecule has 10 heteroatoms. The van der Waals surface area contributed by atoms with Gasteiger partial charge < -0.3 is 10.1 Å². The standard InChI is InChI=1S/C20H17FN4O5/c1-10-11(2)23-17-8-13(4-7-16(17)22-10)20(27)30-12(3)19(26)24-14-5-6-15(21)18(9-14)25(28)29/h4-9,12H,1-3H3,(H,24,26)/t12-/m0/s1. The Morgan fingerprint density at radius 3 is 2.43 bits per heavy atom. The van der Waals surface area contributed by atoms with E-state index in [4.69, 9.17) is 4.74 Å². The molecule has 0 spiro atoms. The number of hydrogen-bond donors (Lipinski definition) is 1. The van der Waals surface area contributed by atoms with Gasteiger partial charge in [0.2, 0.25) is 5.82 Å². The first kappa shape index (κ1) is 20.8. The summed E-state index contributed by atoms with van der Waals surface area (Å²) in [6, 6.07) is 7.58. The molecule has 9 nitrogen and oxygen atoms in total. The number of anilines is 1. The molecule has 1 aromatic heterocycles. The molecular weight excluding hydrogens is 395 g/mol. The summed E-state index contributed by atoms with van der Waals surface area (Å²) >= 11 is 0. The largest absolute Gasteiger partial charge is 0.449 e. The fraction of sp³-hybridized carbons (Fsp3) is 0.200. The average Bonchev–Trinajstić information content (AvgIpc) is 2.69. The average molecular weight is 412 g/mol. The number of amides is 1. The number of nitrogens with zero attached hydrogens (tertiary/aromatic N) is 3. The Labute approximate surface area is 170 Å². The summed E-state index contributed by atoms with van der Waals surface area (Å²) in [7, 11) is 0. The number of carbonyl (C=O) groups excluding carboxylic acids is 2. The van der Waals surface area contributed by atoms with Gasteiger partial charge in [0.05, 0.1) is 32.9 Å². The summed E-state index contributed by atoms with van der Waals surface area (Å²) in [6.07, 6.45) is -1.21. The number of esters is 1. The molecule has 0 aliphatic rings. The second-order valence-corrected chi connectivity index (χ2v) is 6.56. The highest BCUT2D eigenvalue weighted by Crippen LogP contribution is 2.22. The van der Waals surface area contributed by atoms with Crippen LogP contribution in [0.3, 0.4) is 0 Å². The van der Waals surface area contributed by atoms with Crippen molar-refractivity contribution in [2.75, 3.05) is 5.32 Å². The Balaban J connectivity index is 1.71. The van der Waals surface area contributed by atoms with E-state index in [9.17, 15) is 24.1 Å². The first-order chi connectivity index (χ1) is 14.2. The number of benzene rings is 2. The molecule has 0 saturated carbocycles. The normalized spacial score (nSPS) is 11.7. The van der Waals surface area contributed by atoms with Gasteiger partial charge in [-0.2, -0.15) is 4.39 Å². The number of nitrogens with one attached hydrogen (secondary N) is 1. The Bertz CT molecular complexity index is 1180. The molecular formula is C20H17FN4O5. The van der Waals surface area contributed by atoms with Crippen LogP contribution in [0.5, 0.6) is 0 Å². The van der Waals surface area contributed by atoms with Gasteiger partial charge in [-0.3, -0.25) is 14.9 Å². The van der Waals surface area contributed by atoms with E-state index in [0.717, 1.165) is 23.5 Å². The topological polar surface area (TPSA) is 124 Å². The summed E-state index contributed by atoms with van der Waals surface area (Å²) in [5.41, 5.74) is 2.07. The molecule has 0 saturated heterocycles. The van der Waals surface area contributed by atoms with Gasteiger partial charge in [-0.05, 0) is 51.1 Å². The Morgan fingerprint density at radius 1 is 1.10 bits per heavy atom. The maximum absolute atomic E-state index is 13.4. The van der Waals surface area contributed by atoms with Crippen molar-refractivity contribution in [1.29, 1.82) is 0 Å². The number of halogens is 1. The van der Waals surface area contributed by atoms with E-state index in [2.05, 4.69) is 15.3 Å². The van der Waals surface area contributed by atoms with Crippen molar-refractivity contribution in [2.24, 2.45) is 0 Å². The predicted octanol–water partition coefficient (Wildman–Crippen LogP) is 3.48. The molecule has 1 atom stereocenters. The predicted molar refractivity (Wildman–Crippen MR) is 106 cm³/mol. The number of ether oxygens (including phenoxy) is 1. The maximum atomic E-state index is 13.4. The third kappa shape index (κ3) is 4.37. The van der Waals surface area contributed by atoms with Gasteiger partial charge >= 0.3 is 11.7 Å². The number of fused-ring (bicyclic) bond motifs is 1. The van der Waals surface area contributed by atoms with Crippen LogP contribution in [-0.4, -0.2) is 32.9 Å². The maximum Gasteiger partial charge on any atom is 0.338 e. The third-order valence-electron chi connectivity index (χ3n) is 4.37. The van der Waals surface area contributed by atoms with Crippen LogP contribution < -0.4 is 5.32 Å².